The predicted octanol–water partition coefficient (Wildman–Crippen LogP) is 3.22. The maximum atomic E-state index is 5.59. The van der Waals surface area contributed by atoms with Gasteiger partial charge in [0.15, 0.2) is 0 Å². The summed E-state index contributed by atoms with van der Waals surface area (Å²) in [5.74, 6) is 0.650. The molecular weight excluding hydrogens is 132 g/mol. The standard InChI is InChI=1S/C8H15Cl/c1-7(6-9)5-8(2,3)4/h5H,6H2,1-4H3/b7-5+. The molecule has 0 rings (SSSR count). The molecule has 0 aliphatic rings. The first-order valence-corrected chi connectivity index (χ1v) is 3.73. The monoisotopic (exact) mass is 146 g/mol. The van der Waals surface area contributed by atoms with Crippen LogP contribution in [-0.4, -0.2) is 5.88 Å². The third-order valence-electron chi connectivity index (χ3n) is 0.890. The number of alkyl halides is 1. The normalized spacial score (nSPS) is 14.1. The second-order valence-electron chi connectivity index (χ2n) is 3.49. The fourth-order valence-corrected chi connectivity index (χ4v) is 0.855. The van der Waals surface area contributed by atoms with Gasteiger partial charge in [0.25, 0.3) is 0 Å². The zero-order valence-corrected chi connectivity index (χ0v) is 7.42. The van der Waals surface area contributed by atoms with Gasteiger partial charge in [-0.2, -0.15) is 0 Å². The van der Waals surface area contributed by atoms with Crippen LogP contribution in [0.5, 0.6) is 0 Å². The molecule has 0 saturated heterocycles. The van der Waals surface area contributed by atoms with Crippen LogP contribution in [0, 0.1) is 5.41 Å². The van der Waals surface area contributed by atoms with Crippen molar-refractivity contribution in [1.29, 1.82) is 0 Å². The smallest absolute Gasteiger partial charge is 0.0431 e. The van der Waals surface area contributed by atoms with Crippen molar-refractivity contribution in [3.05, 3.63) is 11.6 Å². The topological polar surface area (TPSA) is 0 Å². The van der Waals surface area contributed by atoms with Gasteiger partial charge in [0, 0.05) is 5.88 Å². The highest BCUT2D eigenvalue weighted by Crippen LogP contribution is 2.17. The lowest BCUT2D eigenvalue weighted by Crippen LogP contribution is -2.00. The van der Waals surface area contributed by atoms with Crippen LogP contribution in [0.1, 0.15) is 27.7 Å². The van der Waals surface area contributed by atoms with Crippen molar-refractivity contribution in [2.75, 3.05) is 5.88 Å². The minimum atomic E-state index is 0.277. The highest BCUT2D eigenvalue weighted by molar-refractivity contribution is 6.19. The van der Waals surface area contributed by atoms with Gasteiger partial charge in [0.1, 0.15) is 0 Å². The Labute approximate surface area is 62.9 Å². The Kier molecular flexibility index (Phi) is 3.27. The minimum absolute atomic E-state index is 0.277. The molecule has 0 N–H and O–H groups in total. The van der Waals surface area contributed by atoms with Crippen LogP contribution in [0.3, 0.4) is 0 Å². The largest absolute Gasteiger partial charge is 0.122 e. The summed E-state index contributed by atoms with van der Waals surface area (Å²) in [7, 11) is 0. The lowest BCUT2D eigenvalue weighted by Gasteiger charge is -2.12. The van der Waals surface area contributed by atoms with Crippen molar-refractivity contribution in [1.82, 2.24) is 0 Å². The Morgan fingerprint density at radius 3 is 2.00 bits per heavy atom. The van der Waals surface area contributed by atoms with Gasteiger partial charge in [0.05, 0.1) is 0 Å². The number of allylic oxidation sites excluding steroid dienone is 2. The van der Waals surface area contributed by atoms with E-state index < -0.39 is 0 Å². The zero-order chi connectivity index (χ0) is 7.49. The van der Waals surface area contributed by atoms with E-state index in [-0.39, 0.29) is 5.41 Å². The molecule has 0 atom stereocenters. The van der Waals surface area contributed by atoms with Crippen molar-refractivity contribution in [2.45, 2.75) is 27.7 Å². The Hall–Kier alpha value is 0.0300. The van der Waals surface area contributed by atoms with Crippen LogP contribution in [0.15, 0.2) is 11.6 Å². The fraction of sp³-hybridized carbons (Fsp3) is 0.750. The molecule has 54 valence electrons. The van der Waals surface area contributed by atoms with Gasteiger partial charge >= 0.3 is 0 Å². The molecule has 0 aromatic carbocycles. The summed E-state index contributed by atoms with van der Waals surface area (Å²) < 4.78 is 0. The molecule has 0 aliphatic carbocycles. The Morgan fingerprint density at radius 2 is 1.89 bits per heavy atom. The summed E-state index contributed by atoms with van der Waals surface area (Å²) in [4.78, 5) is 0. The van der Waals surface area contributed by atoms with Crippen molar-refractivity contribution in [3.63, 3.8) is 0 Å². The number of hydrogen-bond donors (Lipinski definition) is 0. The number of halogens is 1. The van der Waals surface area contributed by atoms with E-state index in [0.29, 0.717) is 5.88 Å². The lowest BCUT2D eigenvalue weighted by molar-refractivity contribution is 0.540. The molecule has 0 unspecified atom stereocenters. The van der Waals surface area contributed by atoms with Gasteiger partial charge in [-0.05, 0) is 12.3 Å². The van der Waals surface area contributed by atoms with Crippen LogP contribution in [0.2, 0.25) is 0 Å². The SMILES string of the molecule is C/C(=C\C(C)(C)C)CCl. The van der Waals surface area contributed by atoms with Gasteiger partial charge in [-0.3, -0.25) is 0 Å². The zero-order valence-electron chi connectivity index (χ0n) is 6.66. The van der Waals surface area contributed by atoms with Crippen LogP contribution in [0.4, 0.5) is 0 Å². The first-order chi connectivity index (χ1) is 3.95. The van der Waals surface area contributed by atoms with Gasteiger partial charge in [-0.15, -0.1) is 11.6 Å². The summed E-state index contributed by atoms with van der Waals surface area (Å²) in [6.07, 6.45) is 2.19. The van der Waals surface area contributed by atoms with E-state index in [9.17, 15) is 0 Å². The number of hydrogen-bond acceptors (Lipinski definition) is 0. The second kappa shape index (κ2) is 3.26. The summed E-state index contributed by atoms with van der Waals surface area (Å²) in [5.41, 5.74) is 1.53. The van der Waals surface area contributed by atoms with Crippen LogP contribution in [0.25, 0.3) is 0 Å². The van der Waals surface area contributed by atoms with Crippen molar-refractivity contribution >= 4 is 11.6 Å². The molecule has 0 nitrogen and oxygen atoms in total. The Bertz CT molecular complexity index is 106. The highest BCUT2D eigenvalue weighted by atomic mass is 35.5. The maximum Gasteiger partial charge on any atom is 0.0431 e. The molecule has 0 bridgehead atoms. The fourth-order valence-electron chi connectivity index (χ4n) is 0.778. The van der Waals surface area contributed by atoms with Crippen molar-refractivity contribution < 1.29 is 0 Å². The molecule has 1 heteroatoms. The first-order valence-electron chi connectivity index (χ1n) is 3.20. The van der Waals surface area contributed by atoms with E-state index in [2.05, 4.69) is 33.8 Å². The van der Waals surface area contributed by atoms with Crippen LogP contribution >= 0.6 is 11.6 Å². The summed E-state index contributed by atoms with van der Waals surface area (Å²) >= 11 is 5.59. The molecule has 0 spiro atoms. The van der Waals surface area contributed by atoms with E-state index in [1.54, 1.807) is 0 Å². The molecule has 0 radical (unpaired) electrons. The summed E-state index contributed by atoms with van der Waals surface area (Å²) in [6, 6.07) is 0. The van der Waals surface area contributed by atoms with E-state index >= 15 is 0 Å². The van der Waals surface area contributed by atoms with Gasteiger partial charge < -0.3 is 0 Å². The van der Waals surface area contributed by atoms with E-state index in [4.69, 9.17) is 11.6 Å². The molecule has 0 aromatic rings. The van der Waals surface area contributed by atoms with E-state index in [0.717, 1.165) is 0 Å². The minimum Gasteiger partial charge on any atom is -0.122 e. The van der Waals surface area contributed by atoms with Crippen LogP contribution < -0.4 is 0 Å². The van der Waals surface area contributed by atoms with Crippen LogP contribution in [-0.2, 0) is 0 Å². The van der Waals surface area contributed by atoms with E-state index in [1.165, 1.54) is 5.57 Å². The van der Waals surface area contributed by atoms with Crippen molar-refractivity contribution in [2.24, 2.45) is 5.41 Å². The van der Waals surface area contributed by atoms with Gasteiger partial charge in [-0.1, -0.05) is 32.4 Å². The van der Waals surface area contributed by atoms with Crippen molar-refractivity contribution in [3.8, 4) is 0 Å². The molecule has 0 aromatic heterocycles. The molecule has 9 heavy (non-hydrogen) atoms. The summed E-state index contributed by atoms with van der Waals surface area (Å²) in [5, 5.41) is 0. The first kappa shape index (κ1) is 9.03. The average molecular weight is 147 g/mol. The average Bonchev–Trinajstić information content (AvgIpc) is 1.62. The van der Waals surface area contributed by atoms with E-state index in [1.807, 2.05) is 0 Å². The molecular formula is C8H15Cl. The maximum absolute atomic E-state index is 5.59. The molecule has 0 heterocycles. The molecule has 0 aliphatic heterocycles. The predicted molar refractivity (Wildman–Crippen MR) is 43.9 cm³/mol. The number of rotatable bonds is 1. The van der Waals surface area contributed by atoms with Gasteiger partial charge in [-0.25, -0.2) is 0 Å². The second-order valence-corrected chi connectivity index (χ2v) is 3.76. The van der Waals surface area contributed by atoms with Gasteiger partial charge in [0.2, 0.25) is 0 Å². The highest BCUT2D eigenvalue weighted by Gasteiger charge is 2.04. The molecule has 0 saturated carbocycles. The molecule has 0 amide bonds. The lowest BCUT2D eigenvalue weighted by atomic mass is 9.94. The third kappa shape index (κ3) is 5.91. The Morgan fingerprint density at radius 1 is 1.44 bits per heavy atom. The summed E-state index contributed by atoms with van der Waals surface area (Å²) in [6.45, 7) is 8.56. The quantitative estimate of drug-likeness (QED) is 0.394. The Balaban J connectivity index is 3.95. The third-order valence-corrected chi connectivity index (χ3v) is 1.31. The molecule has 0 fully saturated rings.